The van der Waals surface area contributed by atoms with Crippen LogP contribution in [-0.4, -0.2) is 4.98 Å². The van der Waals surface area contributed by atoms with Gasteiger partial charge in [0, 0.05) is 18.0 Å². The largest absolute Gasteiger partial charge is 0.379 e. The third kappa shape index (κ3) is 2.53. The van der Waals surface area contributed by atoms with Gasteiger partial charge in [0.2, 0.25) is 0 Å². The van der Waals surface area contributed by atoms with Gasteiger partial charge in [0.15, 0.2) is 11.6 Å². The second-order valence-corrected chi connectivity index (χ2v) is 3.30. The SMILES string of the molecule is Fc1ccc(NCc2ccccn2)cc1F. The Morgan fingerprint density at radius 2 is 1.94 bits per heavy atom. The van der Waals surface area contributed by atoms with Crippen LogP contribution in [0.4, 0.5) is 14.5 Å². The highest BCUT2D eigenvalue weighted by Gasteiger charge is 2.02. The molecule has 0 aliphatic heterocycles. The zero-order valence-corrected chi connectivity index (χ0v) is 8.45. The van der Waals surface area contributed by atoms with Crippen LogP contribution in [0.15, 0.2) is 42.6 Å². The van der Waals surface area contributed by atoms with E-state index >= 15 is 0 Å². The van der Waals surface area contributed by atoms with Crippen LogP contribution in [0.5, 0.6) is 0 Å². The van der Waals surface area contributed by atoms with Crippen molar-refractivity contribution in [2.75, 3.05) is 5.32 Å². The molecule has 2 rings (SSSR count). The van der Waals surface area contributed by atoms with Crippen LogP contribution in [0, 0.1) is 11.6 Å². The molecule has 16 heavy (non-hydrogen) atoms. The first-order valence-corrected chi connectivity index (χ1v) is 4.84. The molecule has 1 aromatic carbocycles. The molecule has 0 aliphatic carbocycles. The van der Waals surface area contributed by atoms with E-state index in [1.807, 2.05) is 18.2 Å². The summed E-state index contributed by atoms with van der Waals surface area (Å²) in [7, 11) is 0. The predicted octanol–water partition coefficient (Wildman–Crippen LogP) is 2.97. The number of benzene rings is 1. The highest BCUT2D eigenvalue weighted by Crippen LogP contribution is 2.13. The van der Waals surface area contributed by atoms with Crippen LogP contribution in [0.1, 0.15) is 5.69 Å². The zero-order valence-electron chi connectivity index (χ0n) is 8.45. The maximum absolute atomic E-state index is 12.9. The van der Waals surface area contributed by atoms with Gasteiger partial charge in [-0.1, -0.05) is 6.07 Å². The van der Waals surface area contributed by atoms with Gasteiger partial charge in [0.1, 0.15) is 0 Å². The molecule has 0 spiro atoms. The Labute approximate surface area is 92.0 Å². The first kappa shape index (κ1) is 10.5. The molecule has 1 aromatic heterocycles. The molecule has 0 saturated carbocycles. The molecule has 0 radical (unpaired) electrons. The van der Waals surface area contributed by atoms with Crippen molar-refractivity contribution in [2.24, 2.45) is 0 Å². The molecule has 0 bridgehead atoms. The number of anilines is 1. The summed E-state index contributed by atoms with van der Waals surface area (Å²) in [4.78, 5) is 4.10. The van der Waals surface area contributed by atoms with E-state index in [0.29, 0.717) is 12.2 Å². The summed E-state index contributed by atoms with van der Waals surface area (Å²) < 4.78 is 25.5. The lowest BCUT2D eigenvalue weighted by molar-refractivity contribution is 0.509. The van der Waals surface area contributed by atoms with E-state index < -0.39 is 11.6 Å². The van der Waals surface area contributed by atoms with E-state index in [4.69, 9.17) is 0 Å². The second-order valence-electron chi connectivity index (χ2n) is 3.30. The number of halogens is 2. The molecule has 2 aromatic rings. The number of nitrogens with zero attached hydrogens (tertiary/aromatic N) is 1. The van der Waals surface area contributed by atoms with Crippen LogP contribution in [0.3, 0.4) is 0 Å². The summed E-state index contributed by atoms with van der Waals surface area (Å²) in [6.45, 7) is 0.478. The quantitative estimate of drug-likeness (QED) is 0.860. The molecule has 82 valence electrons. The number of pyridine rings is 1. The van der Waals surface area contributed by atoms with Crippen molar-refractivity contribution in [3.8, 4) is 0 Å². The normalized spacial score (nSPS) is 10.1. The number of hydrogen-bond donors (Lipinski definition) is 1. The van der Waals surface area contributed by atoms with E-state index in [1.54, 1.807) is 6.20 Å². The minimum Gasteiger partial charge on any atom is -0.379 e. The van der Waals surface area contributed by atoms with Crippen molar-refractivity contribution in [3.63, 3.8) is 0 Å². The zero-order chi connectivity index (χ0) is 11.4. The molecule has 0 amide bonds. The summed E-state index contributed by atoms with van der Waals surface area (Å²) in [6, 6.07) is 9.25. The monoisotopic (exact) mass is 220 g/mol. The Morgan fingerprint density at radius 1 is 1.06 bits per heavy atom. The van der Waals surface area contributed by atoms with Gasteiger partial charge in [0.25, 0.3) is 0 Å². The Kier molecular flexibility index (Phi) is 3.10. The highest BCUT2D eigenvalue weighted by molar-refractivity contribution is 5.43. The van der Waals surface area contributed by atoms with Crippen LogP contribution >= 0.6 is 0 Å². The summed E-state index contributed by atoms with van der Waals surface area (Å²) in [5.41, 5.74) is 1.37. The fourth-order valence-corrected chi connectivity index (χ4v) is 1.30. The van der Waals surface area contributed by atoms with Gasteiger partial charge in [-0.25, -0.2) is 8.78 Å². The fraction of sp³-hybridized carbons (Fsp3) is 0.0833. The summed E-state index contributed by atoms with van der Waals surface area (Å²) in [5, 5.41) is 2.96. The Morgan fingerprint density at radius 3 is 2.62 bits per heavy atom. The van der Waals surface area contributed by atoms with Gasteiger partial charge >= 0.3 is 0 Å². The van der Waals surface area contributed by atoms with Crippen molar-refractivity contribution in [1.82, 2.24) is 4.98 Å². The van der Waals surface area contributed by atoms with E-state index in [2.05, 4.69) is 10.3 Å². The van der Waals surface area contributed by atoms with Crippen LogP contribution in [-0.2, 0) is 6.54 Å². The number of nitrogens with one attached hydrogen (secondary N) is 1. The minimum atomic E-state index is -0.856. The van der Waals surface area contributed by atoms with Crippen molar-refractivity contribution < 1.29 is 8.78 Å². The van der Waals surface area contributed by atoms with Crippen LogP contribution in [0.2, 0.25) is 0 Å². The molecule has 0 atom stereocenters. The topological polar surface area (TPSA) is 24.9 Å². The third-order valence-electron chi connectivity index (χ3n) is 2.12. The van der Waals surface area contributed by atoms with Crippen molar-refractivity contribution in [1.29, 1.82) is 0 Å². The molecule has 0 saturated heterocycles. The minimum absolute atomic E-state index is 0.478. The van der Waals surface area contributed by atoms with E-state index in [1.165, 1.54) is 6.07 Å². The number of aromatic nitrogens is 1. The van der Waals surface area contributed by atoms with Crippen molar-refractivity contribution in [2.45, 2.75) is 6.54 Å². The summed E-state index contributed by atoms with van der Waals surface area (Å²) in [6.07, 6.45) is 1.68. The molecule has 0 aliphatic rings. The van der Waals surface area contributed by atoms with Gasteiger partial charge in [0.05, 0.1) is 12.2 Å². The van der Waals surface area contributed by atoms with Crippen molar-refractivity contribution in [3.05, 3.63) is 59.9 Å². The highest BCUT2D eigenvalue weighted by atomic mass is 19.2. The summed E-state index contributed by atoms with van der Waals surface area (Å²) >= 11 is 0. The Balaban J connectivity index is 2.03. The lowest BCUT2D eigenvalue weighted by atomic mass is 10.3. The van der Waals surface area contributed by atoms with E-state index in [-0.39, 0.29) is 0 Å². The Hall–Kier alpha value is -1.97. The van der Waals surface area contributed by atoms with Crippen LogP contribution in [0.25, 0.3) is 0 Å². The molecular weight excluding hydrogens is 210 g/mol. The average molecular weight is 220 g/mol. The van der Waals surface area contributed by atoms with Gasteiger partial charge in [-0.15, -0.1) is 0 Å². The van der Waals surface area contributed by atoms with E-state index in [0.717, 1.165) is 17.8 Å². The molecule has 1 heterocycles. The van der Waals surface area contributed by atoms with Crippen molar-refractivity contribution >= 4 is 5.69 Å². The average Bonchev–Trinajstić information content (AvgIpc) is 2.32. The molecule has 1 N–H and O–H groups in total. The van der Waals surface area contributed by atoms with Gasteiger partial charge < -0.3 is 5.32 Å². The number of hydrogen-bond acceptors (Lipinski definition) is 2. The lowest BCUT2D eigenvalue weighted by Crippen LogP contribution is -2.01. The standard InChI is InChI=1S/C12H10F2N2/c13-11-5-4-9(7-12(11)14)16-8-10-3-1-2-6-15-10/h1-7,16H,8H2. The first-order valence-electron chi connectivity index (χ1n) is 4.84. The Bertz CT molecular complexity index is 472. The molecule has 0 fully saturated rings. The first-order chi connectivity index (χ1) is 7.75. The smallest absolute Gasteiger partial charge is 0.160 e. The lowest BCUT2D eigenvalue weighted by Gasteiger charge is -2.05. The molecule has 4 heteroatoms. The number of rotatable bonds is 3. The molecule has 2 nitrogen and oxygen atoms in total. The van der Waals surface area contributed by atoms with Crippen LogP contribution < -0.4 is 5.32 Å². The third-order valence-corrected chi connectivity index (χ3v) is 2.12. The van der Waals surface area contributed by atoms with Gasteiger partial charge in [-0.05, 0) is 24.3 Å². The molecule has 0 unspecified atom stereocenters. The predicted molar refractivity (Wildman–Crippen MR) is 57.9 cm³/mol. The fourth-order valence-electron chi connectivity index (χ4n) is 1.30. The van der Waals surface area contributed by atoms with E-state index in [9.17, 15) is 8.78 Å². The van der Waals surface area contributed by atoms with Gasteiger partial charge in [-0.2, -0.15) is 0 Å². The van der Waals surface area contributed by atoms with Gasteiger partial charge in [-0.3, -0.25) is 4.98 Å². The second kappa shape index (κ2) is 4.70. The maximum atomic E-state index is 12.9. The molecular formula is C12H10F2N2. The summed E-state index contributed by atoms with van der Waals surface area (Å²) in [5.74, 6) is -1.70. The maximum Gasteiger partial charge on any atom is 0.160 e.